The van der Waals surface area contributed by atoms with E-state index in [4.69, 9.17) is 0 Å². The number of nitrogens with one attached hydrogen (secondary N) is 1. The van der Waals surface area contributed by atoms with Gasteiger partial charge in [-0.2, -0.15) is 13.2 Å². The molecule has 0 bridgehead atoms. The van der Waals surface area contributed by atoms with Crippen LogP contribution in [-0.2, 0) is 11.5 Å². The Bertz CT molecular complexity index is 413. The summed E-state index contributed by atoms with van der Waals surface area (Å²) >= 11 is 0. The standard InChI is InChI=1S/C14H21F3N2O/c1-2-6-18-13(11-3-4-11)12-5-7-19(8-12)10-20-9-14(15,16)17/h5,7-8,11,13,18H,2-4,6,9-10H2,1H3. The van der Waals surface area contributed by atoms with E-state index >= 15 is 0 Å². The van der Waals surface area contributed by atoms with Crippen LogP contribution in [-0.4, -0.2) is 23.9 Å². The molecule has 1 aliphatic carbocycles. The van der Waals surface area contributed by atoms with Gasteiger partial charge < -0.3 is 14.6 Å². The third-order valence-corrected chi connectivity index (χ3v) is 3.35. The van der Waals surface area contributed by atoms with Gasteiger partial charge in [-0.3, -0.25) is 0 Å². The van der Waals surface area contributed by atoms with Crippen molar-refractivity contribution in [3.63, 3.8) is 0 Å². The highest BCUT2D eigenvalue weighted by atomic mass is 19.4. The van der Waals surface area contributed by atoms with Crippen molar-refractivity contribution in [2.75, 3.05) is 13.2 Å². The van der Waals surface area contributed by atoms with Gasteiger partial charge in [-0.15, -0.1) is 0 Å². The first-order chi connectivity index (χ1) is 9.49. The first kappa shape index (κ1) is 15.4. The zero-order valence-electron chi connectivity index (χ0n) is 11.6. The van der Waals surface area contributed by atoms with Crippen LogP contribution in [0.5, 0.6) is 0 Å². The molecule has 0 aliphatic heterocycles. The Balaban J connectivity index is 1.86. The Morgan fingerprint density at radius 2 is 2.20 bits per heavy atom. The normalized spacial score (nSPS) is 17.4. The van der Waals surface area contributed by atoms with Gasteiger partial charge in [0.1, 0.15) is 13.3 Å². The van der Waals surface area contributed by atoms with Crippen LogP contribution in [0.25, 0.3) is 0 Å². The van der Waals surface area contributed by atoms with Gasteiger partial charge in [-0.05, 0) is 43.4 Å². The molecule has 0 radical (unpaired) electrons. The van der Waals surface area contributed by atoms with Crippen LogP contribution in [0.4, 0.5) is 13.2 Å². The average Bonchev–Trinajstić information content (AvgIpc) is 3.09. The highest BCUT2D eigenvalue weighted by molar-refractivity contribution is 5.18. The number of nitrogens with zero attached hydrogens (tertiary/aromatic N) is 1. The van der Waals surface area contributed by atoms with E-state index in [0.29, 0.717) is 12.0 Å². The van der Waals surface area contributed by atoms with Gasteiger partial charge in [-0.1, -0.05) is 6.92 Å². The van der Waals surface area contributed by atoms with E-state index in [2.05, 4.69) is 17.0 Å². The first-order valence-electron chi connectivity index (χ1n) is 7.03. The van der Waals surface area contributed by atoms with Crippen molar-refractivity contribution in [2.45, 2.75) is 45.1 Å². The van der Waals surface area contributed by atoms with Crippen LogP contribution >= 0.6 is 0 Å². The van der Waals surface area contributed by atoms with Crippen molar-refractivity contribution in [2.24, 2.45) is 5.92 Å². The minimum absolute atomic E-state index is 0.0648. The van der Waals surface area contributed by atoms with E-state index < -0.39 is 12.8 Å². The molecule has 2 rings (SSSR count). The van der Waals surface area contributed by atoms with Crippen LogP contribution in [0.1, 0.15) is 37.8 Å². The Hall–Kier alpha value is -1.01. The van der Waals surface area contributed by atoms with Gasteiger partial charge in [-0.25, -0.2) is 0 Å². The van der Waals surface area contributed by atoms with Gasteiger partial charge in [0.15, 0.2) is 0 Å². The summed E-state index contributed by atoms with van der Waals surface area (Å²) in [5, 5.41) is 3.51. The summed E-state index contributed by atoms with van der Waals surface area (Å²) < 4.78 is 42.3. The Kier molecular flexibility index (Phi) is 5.10. The van der Waals surface area contributed by atoms with E-state index in [1.54, 1.807) is 10.8 Å². The third-order valence-electron chi connectivity index (χ3n) is 3.35. The molecule has 1 saturated carbocycles. The fourth-order valence-corrected chi connectivity index (χ4v) is 2.28. The molecule has 1 aromatic rings. The number of hydrogen-bond acceptors (Lipinski definition) is 2. The molecule has 1 N–H and O–H groups in total. The van der Waals surface area contributed by atoms with Crippen molar-refractivity contribution in [3.8, 4) is 0 Å². The highest BCUT2D eigenvalue weighted by Gasteiger charge is 2.32. The minimum atomic E-state index is -4.27. The lowest BCUT2D eigenvalue weighted by Crippen LogP contribution is -2.23. The molecule has 1 heterocycles. The number of hydrogen-bond donors (Lipinski definition) is 1. The molecule has 1 unspecified atom stereocenters. The molecule has 1 aliphatic rings. The van der Waals surface area contributed by atoms with Gasteiger partial charge in [0, 0.05) is 18.4 Å². The van der Waals surface area contributed by atoms with E-state index in [1.165, 1.54) is 12.8 Å². The minimum Gasteiger partial charge on any atom is -0.351 e. The first-order valence-corrected chi connectivity index (χ1v) is 7.03. The second kappa shape index (κ2) is 6.63. The fraction of sp³-hybridized carbons (Fsp3) is 0.714. The molecular weight excluding hydrogens is 269 g/mol. The summed E-state index contributed by atoms with van der Waals surface area (Å²) in [4.78, 5) is 0. The largest absolute Gasteiger partial charge is 0.411 e. The fourth-order valence-electron chi connectivity index (χ4n) is 2.28. The average molecular weight is 290 g/mol. The zero-order valence-corrected chi connectivity index (χ0v) is 11.6. The molecule has 3 nitrogen and oxygen atoms in total. The lowest BCUT2D eigenvalue weighted by Gasteiger charge is -2.16. The molecule has 1 fully saturated rings. The summed E-state index contributed by atoms with van der Waals surface area (Å²) in [7, 11) is 0. The molecule has 0 aromatic carbocycles. The predicted octanol–water partition coefficient (Wildman–Crippen LogP) is 3.48. The number of halogens is 3. The maximum atomic E-state index is 12.0. The summed E-state index contributed by atoms with van der Waals surface area (Å²) in [6.07, 6.45) is 2.89. The van der Waals surface area contributed by atoms with Crippen molar-refractivity contribution < 1.29 is 17.9 Å². The summed E-state index contributed by atoms with van der Waals surface area (Å²) in [5.41, 5.74) is 1.14. The quantitative estimate of drug-likeness (QED) is 0.793. The summed E-state index contributed by atoms with van der Waals surface area (Å²) in [6.45, 7) is 1.80. The van der Waals surface area contributed by atoms with Gasteiger partial charge in [0.2, 0.25) is 0 Å². The third kappa shape index (κ3) is 4.83. The monoisotopic (exact) mass is 290 g/mol. The van der Waals surface area contributed by atoms with E-state index in [0.717, 1.165) is 18.5 Å². The topological polar surface area (TPSA) is 26.2 Å². The molecule has 20 heavy (non-hydrogen) atoms. The SMILES string of the molecule is CCCNC(c1ccn(COCC(F)(F)F)c1)C1CC1. The highest BCUT2D eigenvalue weighted by Crippen LogP contribution is 2.41. The Morgan fingerprint density at radius 1 is 1.45 bits per heavy atom. The smallest absolute Gasteiger partial charge is 0.351 e. The molecule has 6 heteroatoms. The van der Waals surface area contributed by atoms with Crippen LogP contribution in [0.15, 0.2) is 18.5 Å². The lowest BCUT2D eigenvalue weighted by atomic mass is 10.1. The summed E-state index contributed by atoms with van der Waals surface area (Å²) in [6, 6.07) is 2.28. The van der Waals surface area contributed by atoms with Gasteiger partial charge >= 0.3 is 6.18 Å². The van der Waals surface area contributed by atoms with Gasteiger partial charge in [0.25, 0.3) is 0 Å². The van der Waals surface area contributed by atoms with Crippen molar-refractivity contribution in [1.29, 1.82) is 0 Å². The van der Waals surface area contributed by atoms with E-state index in [1.807, 2.05) is 12.3 Å². The van der Waals surface area contributed by atoms with E-state index in [9.17, 15) is 13.2 Å². The zero-order chi connectivity index (χ0) is 14.6. The predicted molar refractivity (Wildman–Crippen MR) is 70.2 cm³/mol. The Labute approximate surface area is 117 Å². The van der Waals surface area contributed by atoms with Crippen LogP contribution in [0, 0.1) is 5.92 Å². The molecule has 1 atom stereocenters. The van der Waals surface area contributed by atoms with Gasteiger partial charge in [0.05, 0.1) is 0 Å². The molecule has 0 spiro atoms. The number of ether oxygens (including phenoxy) is 1. The number of rotatable bonds is 8. The Morgan fingerprint density at radius 3 is 2.80 bits per heavy atom. The molecule has 0 amide bonds. The van der Waals surface area contributed by atoms with Crippen LogP contribution in [0.3, 0.4) is 0 Å². The summed E-state index contributed by atoms with van der Waals surface area (Å²) in [5.74, 6) is 0.661. The molecular formula is C14H21F3N2O. The molecule has 1 aromatic heterocycles. The van der Waals surface area contributed by atoms with Crippen LogP contribution < -0.4 is 5.32 Å². The van der Waals surface area contributed by atoms with Crippen LogP contribution in [0.2, 0.25) is 0 Å². The maximum absolute atomic E-state index is 12.0. The number of aromatic nitrogens is 1. The van der Waals surface area contributed by atoms with Crippen molar-refractivity contribution >= 4 is 0 Å². The second-order valence-corrected chi connectivity index (χ2v) is 5.32. The van der Waals surface area contributed by atoms with Crippen molar-refractivity contribution in [1.82, 2.24) is 9.88 Å². The second-order valence-electron chi connectivity index (χ2n) is 5.32. The van der Waals surface area contributed by atoms with Crippen molar-refractivity contribution in [3.05, 3.63) is 24.0 Å². The number of alkyl halides is 3. The lowest BCUT2D eigenvalue weighted by molar-refractivity contribution is -0.181. The molecule has 114 valence electrons. The maximum Gasteiger partial charge on any atom is 0.411 e. The van der Waals surface area contributed by atoms with E-state index in [-0.39, 0.29) is 6.73 Å². The molecule has 0 saturated heterocycles.